The van der Waals surface area contributed by atoms with E-state index in [-0.39, 0.29) is 11.9 Å². The standard InChI is InChI=1S/C19H19N5O2/c1-10-9-13(16-11(2)23-24(4)17(16)20-10)18(25)21-12(3)19-22-14-7-5-6-8-15(14)26-19/h5-9,12H,1-4H3,(H,21,25). The van der Waals surface area contributed by atoms with Gasteiger partial charge in [0.05, 0.1) is 16.6 Å². The van der Waals surface area contributed by atoms with Crippen molar-refractivity contribution in [3.05, 3.63) is 53.2 Å². The molecule has 0 spiro atoms. The van der Waals surface area contributed by atoms with Crippen LogP contribution >= 0.6 is 0 Å². The van der Waals surface area contributed by atoms with Gasteiger partial charge < -0.3 is 9.73 Å². The Balaban J connectivity index is 1.69. The molecule has 0 saturated heterocycles. The molecule has 4 aromatic rings. The van der Waals surface area contributed by atoms with Crippen molar-refractivity contribution in [3.63, 3.8) is 0 Å². The van der Waals surface area contributed by atoms with Crippen LogP contribution in [-0.4, -0.2) is 25.7 Å². The Morgan fingerprint density at radius 2 is 2.00 bits per heavy atom. The minimum atomic E-state index is -0.365. The van der Waals surface area contributed by atoms with Gasteiger partial charge in [0.1, 0.15) is 11.6 Å². The van der Waals surface area contributed by atoms with E-state index in [1.54, 1.807) is 10.7 Å². The predicted molar refractivity (Wildman–Crippen MR) is 97.9 cm³/mol. The summed E-state index contributed by atoms with van der Waals surface area (Å²) in [6.45, 7) is 5.59. The number of nitrogens with one attached hydrogen (secondary N) is 1. The summed E-state index contributed by atoms with van der Waals surface area (Å²) in [4.78, 5) is 21.9. The highest BCUT2D eigenvalue weighted by Gasteiger charge is 2.21. The number of hydrogen-bond acceptors (Lipinski definition) is 5. The van der Waals surface area contributed by atoms with Gasteiger partial charge in [-0.1, -0.05) is 12.1 Å². The number of aromatic nitrogens is 4. The van der Waals surface area contributed by atoms with E-state index in [9.17, 15) is 4.79 Å². The normalized spacial score (nSPS) is 12.6. The topological polar surface area (TPSA) is 85.8 Å². The monoisotopic (exact) mass is 349 g/mol. The number of oxazole rings is 1. The average molecular weight is 349 g/mol. The maximum absolute atomic E-state index is 12.9. The molecule has 1 amide bonds. The molecule has 1 unspecified atom stereocenters. The van der Waals surface area contributed by atoms with Gasteiger partial charge in [-0.05, 0) is 39.0 Å². The van der Waals surface area contributed by atoms with E-state index in [1.807, 2.05) is 52.1 Å². The van der Waals surface area contributed by atoms with Crippen molar-refractivity contribution in [1.29, 1.82) is 0 Å². The first kappa shape index (κ1) is 16.3. The van der Waals surface area contributed by atoms with Gasteiger partial charge in [0.2, 0.25) is 5.89 Å². The summed E-state index contributed by atoms with van der Waals surface area (Å²) >= 11 is 0. The highest BCUT2D eigenvalue weighted by atomic mass is 16.3. The lowest BCUT2D eigenvalue weighted by Crippen LogP contribution is -2.27. The van der Waals surface area contributed by atoms with Gasteiger partial charge >= 0.3 is 0 Å². The number of amides is 1. The van der Waals surface area contributed by atoms with Crippen LogP contribution in [0.25, 0.3) is 22.1 Å². The van der Waals surface area contributed by atoms with Crippen LogP contribution in [-0.2, 0) is 7.05 Å². The molecule has 1 atom stereocenters. The Bertz CT molecular complexity index is 1110. The molecule has 0 radical (unpaired) electrons. The first-order valence-electron chi connectivity index (χ1n) is 8.41. The maximum Gasteiger partial charge on any atom is 0.252 e. The van der Waals surface area contributed by atoms with Gasteiger partial charge in [-0.2, -0.15) is 5.10 Å². The number of rotatable bonds is 3. The summed E-state index contributed by atoms with van der Waals surface area (Å²) in [5, 5.41) is 8.12. The lowest BCUT2D eigenvalue weighted by Gasteiger charge is -2.11. The third kappa shape index (κ3) is 2.61. The second-order valence-corrected chi connectivity index (χ2v) is 6.43. The SMILES string of the molecule is Cc1cc(C(=O)NC(C)c2nc3ccccc3o2)c2c(C)nn(C)c2n1. The zero-order valence-electron chi connectivity index (χ0n) is 15.1. The number of para-hydroxylation sites is 2. The molecule has 132 valence electrons. The molecular weight excluding hydrogens is 330 g/mol. The Hall–Kier alpha value is -3.22. The number of fused-ring (bicyclic) bond motifs is 2. The molecule has 0 bridgehead atoms. The quantitative estimate of drug-likeness (QED) is 0.614. The first-order valence-corrected chi connectivity index (χ1v) is 8.41. The second-order valence-electron chi connectivity index (χ2n) is 6.43. The maximum atomic E-state index is 12.9. The average Bonchev–Trinajstić information content (AvgIpc) is 3.15. The highest BCUT2D eigenvalue weighted by molar-refractivity contribution is 6.06. The summed E-state index contributed by atoms with van der Waals surface area (Å²) in [5.74, 6) is 0.274. The minimum Gasteiger partial charge on any atom is -0.438 e. The first-order chi connectivity index (χ1) is 12.4. The van der Waals surface area contributed by atoms with Crippen molar-refractivity contribution in [3.8, 4) is 0 Å². The van der Waals surface area contributed by atoms with Crippen LogP contribution in [0, 0.1) is 13.8 Å². The fraction of sp³-hybridized carbons (Fsp3) is 0.263. The van der Waals surface area contributed by atoms with Crippen molar-refractivity contribution in [2.75, 3.05) is 0 Å². The molecule has 1 aromatic carbocycles. The van der Waals surface area contributed by atoms with Crippen LogP contribution in [0.1, 0.15) is 40.6 Å². The number of carbonyl (C=O) groups excluding carboxylic acids is 1. The van der Waals surface area contributed by atoms with Gasteiger partial charge in [0.25, 0.3) is 5.91 Å². The van der Waals surface area contributed by atoms with Crippen molar-refractivity contribution in [2.45, 2.75) is 26.8 Å². The van der Waals surface area contributed by atoms with Crippen LogP contribution in [0.3, 0.4) is 0 Å². The summed E-state index contributed by atoms with van der Waals surface area (Å²) in [5.41, 5.74) is 4.26. The third-order valence-electron chi connectivity index (χ3n) is 4.37. The Morgan fingerprint density at radius 3 is 2.77 bits per heavy atom. The van der Waals surface area contributed by atoms with Crippen LogP contribution in [0.15, 0.2) is 34.7 Å². The molecule has 0 aliphatic heterocycles. The second kappa shape index (κ2) is 5.94. The van der Waals surface area contributed by atoms with E-state index in [1.165, 1.54) is 0 Å². The van der Waals surface area contributed by atoms with Crippen molar-refractivity contribution in [1.82, 2.24) is 25.1 Å². The zero-order chi connectivity index (χ0) is 18.4. The summed E-state index contributed by atoms with van der Waals surface area (Å²) in [6, 6.07) is 8.95. The molecule has 4 rings (SSSR count). The molecule has 0 aliphatic rings. The van der Waals surface area contributed by atoms with E-state index < -0.39 is 0 Å². The van der Waals surface area contributed by atoms with E-state index in [0.717, 1.165) is 22.3 Å². The Morgan fingerprint density at radius 1 is 1.23 bits per heavy atom. The number of benzene rings is 1. The van der Waals surface area contributed by atoms with Gasteiger partial charge in [-0.25, -0.2) is 9.97 Å². The van der Waals surface area contributed by atoms with Crippen LogP contribution in [0.4, 0.5) is 0 Å². The Labute approximate surface area is 150 Å². The summed E-state index contributed by atoms with van der Waals surface area (Å²) in [7, 11) is 1.82. The van der Waals surface area contributed by atoms with Crippen LogP contribution in [0.5, 0.6) is 0 Å². The van der Waals surface area contributed by atoms with Gasteiger partial charge in [0.15, 0.2) is 11.2 Å². The van der Waals surface area contributed by atoms with Gasteiger partial charge in [-0.3, -0.25) is 9.48 Å². The number of carbonyl (C=O) groups is 1. The lowest BCUT2D eigenvalue weighted by atomic mass is 10.1. The molecule has 26 heavy (non-hydrogen) atoms. The Kier molecular flexibility index (Phi) is 3.72. The highest BCUT2D eigenvalue weighted by Crippen LogP contribution is 2.24. The van der Waals surface area contributed by atoms with E-state index in [4.69, 9.17) is 4.42 Å². The summed E-state index contributed by atoms with van der Waals surface area (Å²) in [6.07, 6.45) is 0. The molecule has 0 aliphatic carbocycles. The third-order valence-corrected chi connectivity index (χ3v) is 4.37. The molecule has 7 nitrogen and oxygen atoms in total. The molecule has 1 N–H and O–H groups in total. The number of pyridine rings is 1. The van der Waals surface area contributed by atoms with Crippen LogP contribution < -0.4 is 5.32 Å². The summed E-state index contributed by atoms with van der Waals surface area (Å²) < 4.78 is 7.44. The molecule has 0 saturated carbocycles. The molecule has 0 fully saturated rings. The fourth-order valence-corrected chi connectivity index (χ4v) is 3.16. The van der Waals surface area contributed by atoms with E-state index in [2.05, 4.69) is 20.4 Å². The molecule has 3 heterocycles. The van der Waals surface area contributed by atoms with Gasteiger partial charge in [-0.15, -0.1) is 0 Å². The molecule has 7 heteroatoms. The number of nitrogens with zero attached hydrogens (tertiary/aromatic N) is 4. The minimum absolute atomic E-state index is 0.202. The van der Waals surface area contributed by atoms with E-state index in [0.29, 0.717) is 22.7 Å². The molecule has 3 aromatic heterocycles. The van der Waals surface area contributed by atoms with Crippen molar-refractivity contribution >= 4 is 28.0 Å². The molecular formula is C19H19N5O2. The van der Waals surface area contributed by atoms with Crippen LogP contribution in [0.2, 0.25) is 0 Å². The lowest BCUT2D eigenvalue weighted by molar-refractivity contribution is 0.0936. The number of aryl methyl sites for hydroxylation is 3. The zero-order valence-corrected chi connectivity index (χ0v) is 15.1. The van der Waals surface area contributed by atoms with Crippen molar-refractivity contribution in [2.24, 2.45) is 7.05 Å². The van der Waals surface area contributed by atoms with E-state index >= 15 is 0 Å². The largest absolute Gasteiger partial charge is 0.438 e. The number of hydrogen-bond donors (Lipinski definition) is 1. The van der Waals surface area contributed by atoms with Gasteiger partial charge in [0, 0.05) is 12.7 Å². The smallest absolute Gasteiger partial charge is 0.252 e. The predicted octanol–water partition coefficient (Wildman–Crippen LogP) is 3.22. The van der Waals surface area contributed by atoms with Crippen molar-refractivity contribution < 1.29 is 9.21 Å². The fourth-order valence-electron chi connectivity index (χ4n) is 3.16.